The molecule has 2 aromatic carbocycles. The molecule has 140 valence electrons. The molecule has 0 saturated carbocycles. The molecule has 0 aliphatic heterocycles. The Morgan fingerprint density at radius 3 is 2.33 bits per heavy atom. The van der Waals surface area contributed by atoms with Crippen LogP contribution < -0.4 is 0 Å². The molecule has 2 aromatic rings. The zero-order valence-electron chi connectivity index (χ0n) is 15.9. The summed E-state index contributed by atoms with van der Waals surface area (Å²) in [5.41, 5.74) is 4.02. The van der Waals surface area contributed by atoms with Gasteiger partial charge in [0.15, 0.2) is 0 Å². The molecule has 0 fully saturated rings. The van der Waals surface area contributed by atoms with Crippen molar-refractivity contribution in [1.29, 1.82) is 0 Å². The van der Waals surface area contributed by atoms with Crippen LogP contribution in [0, 0.1) is 11.8 Å². The van der Waals surface area contributed by atoms with Crippen LogP contribution in [0.4, 0.5) is 0 Å². The minimum absolute atomic E-state index is 0.0194. The highest BCUT2D eigenvalue weighted by Gasteiger charge is 2.04. The quantitative estimate of drug-likeness (QED) is 0.722. The third-order valence-electron chi connectivity index (χ3n) is 4.09. The Labute approximate surface area is 166 Å². The lowest BCUT2D eigenvalue weighted by atomic mass is 10.0. The van der Waals surface area contributed by atoms with Crippen LogP contribution in [0.5, 0.6) is 0 Å². The summed E-state index contributed by atoms with van der Waals surface area (Å²) in [6.07, 6.45) is 1.95. The van der Waals surface area contributed by atoms with Gasteiger partial charge in [0.05, 0.1) is 6.54 Å². The maximum absolute atomic E-state index is 10.8. The van der Waals surface area contributed by atoms with E-state index in [0.717, 1.165) is 16.7 Å². The van der Waals surface area contributed by atoms with Crippen molar-refractivity contribution in [2.24, 2.45) is 0 Å². The highest BCUT2D eigenvalue weighted by atomic mass is 35.5. The van der Waals surface area contributed by atoms with Gasteiger partial charge >= 0.3 is 5.97 Å². The van der Waals surface area contributed by atoms with Gasteiger partial charge in [0.1, 0.15) is 0 Å². The zero-order valence-corrected chi connectivity index (χ0v) is 16.6. The van der Waals surface area contributed by atoms with Crippen molar-refractivity contribution < 1.29 is 9.90 Å². The molecule has 0 saturated heterocycles. The molecule has 0 unspecified atom stereocenters. The zero-order chi connectivity index (χ0) is 19.8. The van der Waals surface area contributed by atoms with Gasteiger partial charge in [0.2, 0.25) is 0 Å². The normalized spacial score (nSPS) is 11.4. The monoisotopic (exact) mass is 381 g/mol. The average Bonchev–Trinajstić information content (AvgIpc) is 2.62. The van der Waals surface area contributed by atoms with E-state index in [1.807, 2.05) is 42.5 Å². The predicted molar refractivity (Wildman–Crippen MR) is 112 cm³/mol. The van der Waals surface area contributed by atoms with Crippen molar-refractivity contribution in [2.45, 2.75) is 19.8 Å². The van der Waals surface area contributed by atoms with E-state index in [9.17, 15) is 4.79 Å². The molecule has 0 spiro atoms. The number of benzene rings is 2. The molecule has 4 heteroatoms. The Hall–Kier alpha value is -2.54. The highest BCUT2D eigenvalue weighted by Crippen LogP contribution is 2.18. The maximum atomic E-state index is 10.8. The topological polar surface area (TPSA) is 40.5 Å². The number of hydrogen-bond acceptors (Lipinski definition) is 2. The summed E-state index contributed by atoms with van der Waals surface area (Å²) in [6, 6.07) is 15.7. The van der Waals surface area contributed by atoms with Crippen LogP contribution in [0.3, 0.4) is 0 Å². The molecule has 0 aliphatic carbocycles. The largest absolute Gasteiger partial charge is 0.480 e. The maximum Gasteiger partial charge on any atom is 0.317 e. The highest BCUT2D eigenvalue weighted by molar-refractivity contribution is 6.30. The fourth-order valence-electron chi connectivity index (χ4n) is 2.50. The third kappa shape index (κ3) is 6.94. The molecule has 3 nitrogen and oxygen atoms in total. The summed E-state index contributed by atoms with van der Waals surface area (Å²) >= 11 is 5.99. The van der Waals surface area contributed by atoms with Crippen molar-refractivity contribution in [3.8, 4) is 11.8 Å². The molecular formula is C23H24ClNO2. The van der Waals surface area contributed by atoms with Crippen molar-refractivity contribution >= 4 is 23.1 Å². The lowest BCUT2D eigenvalue weighted by molar-refractivity contribution is -0.137. The van der Waals surface area contributed by atoms with Crippen LogP contribution in [0.25, 0.3) is 5.57 Å². The number of rotatable bonds is 6. The first kappa shape index (κ1) is 20.8. The fraction of sp³-hybridized carbons (Fsp3) is 0.261. The Morgan fingerprint density at radius 1 is 1.15 bits per heavy atom. The SMILES string of the molecule is CC(C)c1ccc(C#CC(=CCN(C)CC(=O)O)c2ccc(Cl)cc2)cc1. The standard InChI is InChI=1S/C23H24ClNO2/c1-17(2)19-7-4-18(5-8-19)6-9-21(14-15-25(3)16-23(26)27)20-10-12-22(24)13-11-20/h4-5,7-8,10-14,17H,15-16H2,1-3H3,(H,26,27). The van der Waals surface area contributed by atoms with Crippen molar-refractivity contribution in [3.05, 3.63) is 76.3 Å². The van der Waals surface area contributed by atoms with E-state index in [-0.39, 0.29) is 6.54 Å². The second kappa shape index (κ2) is 9.97. The summed E-state index contributed by atoms with van der Waals surface area (Å²) in [4.78, 5) is 12.6. The number of allylic oxidation sites excluding steroid dienone is 1. The van der Waals surface area contributed by atoms with Crippen LogP contribution in [0.2, 0.25) is 5.02 Å². The van der Waals surface area contributed by atoms with E-state index < -0.39 is 5.97 Å². The minimum atomic E-state index is -0.852. The molecule has 0 atom stereocenters. The molecular weight excluding hydrogens is 358 g/mol. The van der Waals surface area contributed by atoms with Gasteiger partial charge < -0.3 is 5.11 Å². The molecule has 0 radical (unpaired) electrons. The van der Waals surface area contributed by atoms with Gasteiger partial charge in [-0.05, 0) is 48.4 Å². The smallest absolute Gasteiger partial charge is 0.317 e. The molecule has 0 aliphatic rings. The summed E-state index contributed by atoms with van der Waals surface area (Å²) in [5.74, 6) is 6.06. The molecule has 0 amide bonds. The van der Waals surface area contributed by atoms with Crippen LogP contribution in [0.15, 0.2) is 54.6 Å². The van der Waals surface area contributed by atoms with Crippen LogP contribution in [-0.4, -0.2) is 36.1 Å². The van der Waals surface area contributed by atoms with E-state index in [4.69, 9.17) is 16.7 Å². The number of halogens is 1. The van der Waals surface area contributed by atoms with Gasteiger partial charge in [-0.15, -0.1) is 0 Å². The summed E-state index contributed by atoms with van der Waals surface area (Å²) in [7, 11) is 1.77. The first-order chi connectivity index (χ1) is 12.8. The van der Waals surface area contributed by atoms with Gasteiger partial charge in [-0.1, -0.05) is 67.6 Å². The first-order valence-electron chi connectivity index (χ1n) is 8.83. The number of aliphatic carboxylic acids is 1. The van der Waals surface area contributed by atoms with E-state index in [2.05, 4.69) is 37.8 Å². The molecule has 0 heterocycles. The van der Waals surface area contributed by atoms with E-state index in [0.29, 0.717) is 17.5 Å². The van der Waals surface area contributed by atoms with E-state index in [1.165, 1.54) is 5.56 Å². The number of likely N-dealkylation sites (N-methyl/N-ethyl adjacent to an activating group) is 1. The van der Waals surface area contributed by atoms with Gasteiger partial charge in [0.25, 0.3) is 0 Å². The van der Waals surface area contributed by atoms with Crippen molar-refractivity contribution in [1.82, 2.24) is 4.90 Å². The van der Waals surface area contributed by atoms with Crippen molar-refractivity contribution in [2.75, 3.05) is 20.1 Å². The second-order valence-electron chi connectivity index (χ2n) is 6.74. The molecule has 0 bridgehead atoms. The van der Waals surface area contributed by atoms with Crippen LogP contribution >= 0.6 is 11.6 Å². The first-order valence-corrected chi connectivity index (χ1v) is 9.21. The third-order valence-corrected chi connectivity index (χ3v) is 4.34. The number of hydrogen-bond donors (Lipinski definition) is 1. The lowest BCUT2D eigenvalue weighted by Gasteiger charge is -2.11. The fourth-order valence-corrected chi connectivity index (χ4v) is 2.63. The molecule has 2 rings (SSSR count). The van der Waals surface area contributed by atoms with E-state index in [1.54, 1.807) is 11.9 Å². The Balaban J connectivity index is 2.27. The van der Waals surface area contributed by atoms with Gasteiger partial charge in [-0.3, -0.25) is 9.69 Å². The predicted octanol–water partition coefficient (Wildman–Crippen LogP) is 4.91. The average molecular weight is 382 g/mol. The summed E-state index contributed by atoms with van der Waals surface area (Å²) < 4.78 is 0. The van der Waals surface area contributed by atoms with Crippen LogP contribution in [0.1, 0.15) is 36.5 Å². The lowest BCUT2D eigenvalue weighted by Crippen LogP contribution is -2.25. The van der Waals surface area contributed by atoms with E-state index >= 15 is 0 Å². The summed E-state index contributed by atoms with van der Waals surface area (Å²) in [6.45, 7) is 4.80. The number of carboxylic acids is 1. The number of carboxylic acid groups (broad SMARTS) is 1. The second-order valence-corrected chi connectivity index (χ2v) is 7.18. The minimum Gasteiger partial charge on any atom is -0.480 e. The Bertz CT molecular complexity index is 856. The summed E-state index contributed by atoms with van der Waals surface area (Å²) in [5, 5.41) is 9.57. The van der Waals surface area contributed by atoms with Gasteiger partial charge in [-0.25, -0.2) is 0 Å². The van der Waals surface area contributed by atoms with Crippen molar-refractivity contribution in [3.63, 3.8) is 0 Å². The van der Waals surface area contributed by atoms with Gasteiger partial charge in [-0.2, -0.15) is 0 Å². The molecule has 27 heavy (non-hydrogen) atoms. The Morgan fingerprint density at radius 2 is 1.78 bits per heavy atom. The Kier molecular flexibility index (Phi) is 7.67. The molecule has 1 N–H and O–H groups in total. The molecule has 0 aromatic heterocycles. The number of nitrogens with zero attached hydrogens (tertiary/aromatic N) is 1. The van der Waals surface area contributed by atoms with Gasteiger partial charge in [0, 0.05) is 22.7 Å². The number of carbonyl (C=O) groups is 1. The van der Waals surface area contributed by atoms with Crippen LogP contribution in [-0.2, 0) is 4.79 Å².